The topological polar surface area (TPSA) is 29.3 Å². The predicted octanol–water partition coefficient (Wildman–Crippen LogP) is 1.71. The zero-order chi connectivity index (χ0) is 8.72. The van der Waals surface area contributed by atoms with Gasteiger partial charge in [0.15, 0.2) is 5.89 Å². The highest BCUT2D eigenvalue weighted by molar-refractivity contribution is 5.14. The summed E-state index contributed by atoms with van der Waals surface area (Å²) in [6, 6.07) is 0.578. The van der Waals surface area contributed by atoms with Crippen molar-refractivity contribution in [2.45, 2.75) is 39.9 Å². The van der Waals surface area contributed by atoms with Crippen LogP contribution >= 0.6 is 0 Å². The second-order valence-electron chi connectivity index (χ2n) is 3.60. The number of fused-ring (bicyclic) bond motifs is 1. The summed E-state index contributed by atoms with van der Waals surface area (Å²) in [5.74, 6) is 1.85. The van der Waals surface area contributed by atoms with Gasteiger partial charge in [0.2, 0.25) is 0 Å². The summed E-state index contributed by atoms with van der Waals surface area (Å²) in [6.45, 7) is 8.16. The maximum Gasteiger partial charge on any atom is 0.191 e. The molecule has 0 bridgehead atoms. The third-order valence-corrected chi connectivity index (χ3v) is 2.32. The molecule has 0 spiro atoms. The van der Waals surface area contributed by atoms with Crippen LogP contribution in [0.15, 0.2) is 4.42 Å². The van der Waals surface area contributed by atoms with Crippen LogP contribution in [0.5, 0.6) is 0 Å². The predicted molar refractivity (Wildman–Crippen MR) is 45.6 cm³/mol. The minimum absolute atomic E-state index is 0.578. The lowest BCUT2D eigenvalue weighted by Crippen LogP contribution is -2.24. The quantitative estimate of drug-likeness (QED) is 0.636. The van der Waals surface area contributed by atoms with Crippen LogP contribution < -0.4 is 0 Å². The molecule has 0 aliphatic carbocycles. The summed E-state index contributed by atoms with van der Waals surface area (Å²) in [7, 11) is 0. The molecule has 0 fully saturated rings. The van der Waals surface area contributed by atoms with E-state index in [0.717, 1.165) is 30.4 Å². The van der Waals surface area contributed by atoms with Crippen LogP contribution in [0.4, 0.5) is 0 Å². The molecule has 0 aromatic carbocycles. The Balaban J connectivity index is 2.18. The standard InChI is InChI=1S/C9H14N2O/c1-6(2)11-4-8-9(5-11)12-7(3)10-8/h6H,4-5H2,1-3H3. The second-order valence-corrected chi connectivity index (χ2v) is 3.60. The van der Waals surface area contributed by atoms with Crippen molar-refractivity contribution in [2.24, 2.45) is 0 Å². The van der Waals surface area contributed by atoms with E-state index in [4.69, 9.17) is 4.42 Å². The molecule has 12 heavy (non-hydrogen) atoms. The van der Waals surface area contributed by atoms with E-state index in [2.05, 4.69) is 23.7 Å². The fourth-order valence-electron chi connectivity index (χ4n) is 1.56. The van der Waals surface area contributed by atoms with Gasteiger partial charge in [-0.2, -0.15) is 0 Å². The van der Waals surface area contributed by atoms with Crippen LogP contribution in [-0.2, 0) is 13.1 Å². The molecule has 0 radical (unpaired) electrons. The molecule has 2 rings (SSSR count). The maximum absolute atomic E-state index is 5.45. The van der Waals surface area contributed by atoms with Crippen molar-refractivity contribution < 1.29 is 4.42 Å². The summed E-state index contributed by atoms with van der Waals surface area (Å²) < 4.78 is 5.45. The van der Waals surface area contributed by atoms with E-state index in [1.54, 1.807) is 0 Å². The van der Waals surface area contributed by atoms with E-state index in [1.807, 2.05) is 6.92 Å². The van der Waals surface area contributed by atoms with Crippen molar-refractivity contribution in [1.29, 1.82) is 0 Å². The molecular formula is C9H14N2O. The van der Waals surface area contributed by atoms with E-state index in [1.165, 1.54) is 0 Å². The van der Waals surface area contributed by atoms with E-state index < -0.39 is 0 Å². The van der Waals surface area contributed by atoms with Crippen molar-refractivity contribution in [3.8, 4) is 0 Å². The number of nitrogens with zero attached hydrogens (tertiary/aromatic N) is 2. The molecule has 0 saturated heterocycles. The lowest BCUT2D eigenvalue weighted by Gasteiger charge is -2.18. The van der Waals surface area contributed by atoms with Gasteiger partial charge >= 0.3 is 0 Å². The molecule has 0 N–H and O–H groups in total. The Morgan fingerprint density at radius 2 is 2.17 bits per heavy atom. The van der Waals surface area contributed by atoms with Gasteiger partial charge in [-0.25, -0.2) is 4.98 Å². The molecule has 1 aliphatic rings. The number of rotatable bonds is 1. The summed E-state index contributed by atoms with van der Waals surface area (Å²) >= 11 is 0. The highest BCUT2D eigenvalue weighted by Gasteiger charge is 2.25. The first-order valence-electron chi connectivity index (χ1n) is 4.36. The Kier molecular flexibility index (Phi) is 1.68. The van der Waals surface area contributed by atoms with Gasteiger partial charge < -0.3 is 4.42 Å². The minimum atomic E-state index is 0.578. The third-order valence-electron chi connectivity index (χ3n) is 2.32. The van der Waals surface area contributed by atoms with Gasteiger partial charge in [0, 0.05) is 19.5 Å². The molecule has 0 unspecified atom stereocenters. The SMILES string of the molecule is Cc1nc2c(o1)CN(C(C)C)C2. The van der Waals surface area contributed by atoms with E-state index in [-0.39, 0.29) is 0 Å². The summed E-state index contributed by atoms with van der Waals surface area (Å²) in [5, 5.41) is 0. The van der Waals surface area contributed by atoms with Crippen molar-refractivity contribution in [3.05, 3.63) is 17.3 Å². The molecule has 66 valence electrons. The molecule has 0 atom stereocenters. The Morgan fingerprint density at radius 1 is 1.42 bits per heavy atom. The number of hydrogen-bond acceptors (Lipinski definition) is 3. The largest absolute Gasteiger partial charge is 0.444 e. The van der Waals surface area contributed by atoms with Gasteiger partial charge in [0.1, 0.15) is 5.76 Å². The van der Waals surface area contributed by atoms with Crippen LogP contribution in [0.1, 0.15) is 31.2 Å². The average molecular weight is 166 g/mol. The molecule has 1 aromatic heterocycles. The monoisotopic (exact) mass is 166 g/mol. The fourth-order valence-corrected chi connectivity index (χ4v) is 1.56. The normalized spacial score (nSPS) is 17.3. The van der Waals surface area contributed by atoms with Crippen molar-refractivity contribution in [1.82, 2.24) is 9.88 Å². The van der Waals surface area contributed by atoms with Gasteiger partial charge in [-0.1, -0.05) is 0 Å². The van der Waals surface area contributed by atoms with Crippen LogP contribution in [0.25, 0.3) is 0 Å². The lowest BCUT2D eigenvalue weighted by molar-refractivity contribution is 0.212. The average Bonchev–Trinajstić information content (AvgIpc) is 2.42. The number of hydrogen-bond donors (Lipinski definition) is 0. The molecule has 2 heterocycles. The number of aromatic nitrogens is 1. The van der Waals surface area contributed by atoms with Gasteiger partial charge in [0.05, 0.1) is 12.2 Å². The molecule has 3 heteroatoms. The fraction of sp³-hybridized carbons (Fsp3) is 0.667. The molecular weight excluding hydrogens is 152 g/mol. The molecule has 3 nitrogen and oxygen atoms in total. The van der Waals surface area contributed by atoms with E-state index in [9.17, 15) is 0 Å². The molecule has 1 aromatic rings. The lowest BCUT2D eigenvalue weighted by atomic mass is 10.3. The Morgan fingerprint density at radius 3 is 2.75 bits per heavy atom. The Bertz CT molecular complexity index is 267. The Hall–Kier alpha value is -0.830. The van der Waals surface area contributed by atoms with Crippen LogP contribution in [-0.4, -0.2) is 15.9 Å². The minimum Gasteiger partial charge on any atom is -0.444 e. The van der Waals surface area contributed by atoms with Crippen molar-refractivity contribution in [2.75, 3.05) is 0 Å². The summed E-state index contributed by atoms with van der Waals surface area (Å²) in [5.41, 5.74) is 1.13. The molecule has 1 aliphatic heterocycles. The van der Waals surface area contributed by atoms with E-state index >= 15 is 0 Å². The Labute approximate surface area is 72.4 Å². The number of aryl methyl sites for hydroxylation is 1. The van der Waals surface area contributed by atoms with Crippen LogP contribution in [0.2, 0.25) is 0 Å². The number of oxazole rings is 1. The second kappa shape index (κ2) is 2.59. The highest BCUT2D eigenvalue weighted by Crippen LogP contribution is 2.24. The smallest absolute Gasteiger partial charge is 0.191 e. The van der Waals surface area contributed by atoms with Crippen molar-refractivity contribution in [3.63, 3.8) is 0 Å². The maximum atomic E-state index is 5.45. The third kappa shape index (κ3) is 1.14. The highest BCUT2D eigenvalue weighted by atomic mass is 16.4. The van der Waals surface area contributed by atoms with Gasteiger partial charge in [-0.15, -0.1) is 0 Å². The first-order valence-corrected chi connectivity index (χ1v) is 4.36. The van der Waals surface area contributed by atoms with Gasteiger partial charge in [0.25, 0.3) is 0 Å². The zero-order valence-electron chi connectivity index (χ0n) is 7.79. The molecule has 0 amide bonds. The first-order chi connectivity index (χ1) is 5.66. The van der Waals surface area contributed by atoms with Gasteiger partial charge in [-0.05, 0) is 13.8 Å². The zero-order valence-corrected chi connectivity index (χ0v) is 7.79. The van der Waals surface area contributed by atoms with Crippen LogP contribution in [0.3, 0.4) is 0 Å². The first kappa shape index (κ1) is 7.80. The van der Waals surface area contributed by atoms with Crippen LogP contribution in [0, 0.1) is 6.92 Å². The van der Waals surface area contributed by atoms with Gasteiger partial charge in [-0.3, -0.25) is 4.90 Å². The summed E-state index contributed by atoms with van der Waals surface area (Å²) in [4.78, 5) is 6.66. The summed E-state index contributed by atoms with van der Waals surface area (Å²) in [6.07, 6.45) is 0. The van der Waals surface area contributed by atoms with E-state index in [0.29, 0.717) is 6.04 Å². The van der Waals surface area contributed by atoms with Crippen molar-refractivity contribution >= 4 is 0 Å². The molecule has 0 saturated carbocycles.